The van der Waals surface area contributed by atoms with E-state index in [-0.39, 0.29) is 49.9 Å². The Morgan fingerprint density at radius 3 is 1.52 bits per heavy atom. The van der Waals surface area contributed by atoms with Crippen LogP contribution in [0.3, 0.4) is 0 Å². The van der Waals surface area contributed by atoms with Crippen LogP contribution in [0.2, 0.25) is 0 Å². The third kappa shape index (κ3) is 25.0. The molecule has 2 fully saturated rings. The van der Waals surface area contributed by atoms with Crippen LogP contribution in [-0.4, -0.2) is 294 Å². The molecule has 0 unspecified atom stereocenters. The van der Waals surface area contributed by atoms with Crippen molar-refractivity contribution >= 4 is 76.7 Å². The van der Waals surface area contributed by atoms with Crippen molar-refractivity contribution in [3.63, 3.8) is 0 Å². The molecule has 27 heteroatoms. The van der Waals surface area contributed by atoms with Gasteiger partial charge in [0.15, 0.2) is 5.37 Å². The Kier molecular flexibility index (Phi) is 36.5. The number of likely N-dealkylation sites (N-methyl/N-ethyl adjacent to an activating group) is 8. The Hall–Kier alpha value is -5.90. The topological polar surface area (TPSA) is 295 Å². The van der Waals surface area contributed by atoms with Crippen molar-refractivity contribution in [2.75, 3.05) is 102 Å². The van der Waals surface area contributed by atoms with E-state index in [2.05, 4.69) is 31.1 Å². The zero-order valence-corrected chi connectivity index (χ0v) is 65.3. The SMILES string of the molecule is C/C=C/C[C@@H](C)[C@@H](O)[C@H]1C(=O)N[C@H](CC)C(=O)N(C)[C@H](SCCN2CCN(C)CC2)C(=O)N(C)[C@@H](CC(C)(C)OC)C(=O)N[C@H](C(C)C)C(=O)N(C)[C@H](CCC(C)C)C(=O)N[C@H](C)C(=O)N[C@@H](C)C(=O)N(C)[C@@H](CC(C)C)C(=O)N(C)[C@H](CC(C)C)C(=O)N(C)[C@H](C(C)C)C(=O)N1C. The zero-order chi connectivity index (χ0) is 75.3. The Morgan fingerprint density at radius 1 is 0.541 bits per heavy atom. The Labute approximate surface area is 591 Å². The number of nitrogens with zero attached hydrogens (tertiary/aromatic N) is 9. The van der Waals surface area contributed by atoms with Gasteiger partial charge in [0.05, 0.1) is 11.7 Å². The van der Waals surface area contributed by atoms with Crippen molar-refractivity contribution in [3.8, 4) is 0 Å². The Bertz CT molecular complexity index is 2690. The van der Waals surface area contributed by atoms with Gasteiger partial charge in [-0.05, 0) is 116 Å². The first-order valence-electron chi connectivity index (χ1n) is 35.4. The summed E-state index contributed by atoms with van der Waals surface area (Å²) in [5.41, 5.74) is -1.05. The minimum absolute atomic E-state index is 0.0112. The lowest BCUT2D eigenvalue weighted by atomic mass is 9.91. The van der Waals surface area contributed by atoms with E-state index in [0.717, 1.165) is 31.1 Å². The number of methoxy groups -OCH3 is 1. The molecule has 13 atom stereocenters. The van der Waals surface area contributed by atoms with Gasteiger partial charge in [0.25, 0.3) is 5.91 Å². The second-order valence-electron chi connectivity index (χ2n) is 30.0. The maximum absolute atomic E-state index is 15.6. The van der Waals surface area contributed by atoms with Gasteiger partial charge in [0.2, 0.25) is 59.1 Å². The number of piperazine rings is 1. The van der Waals surface area contributed by atoms with Crippen LogP contribution >= 0.6 is 11.8 Å². The lowest BCUT2D eigenvalue weighted by Gasteiger charge is -2.41. The largest absolute Gasteiger partial charge is 0.390 e. The number of aliphatic hydroxyl groups excluding tert-OH is 1. The highest BCUT2D eigenvalue weighted by Gasteiger charge is 2.47. The molecule has 26 nitrogen and oxygen atoms in total. The van der Waals surface area contributed by atoms with Crippen molar-refractivity contribution in [3.05, 3.63) is 12.2 Å². The number of hydrogen-bond acceptors (Lipinski definition) is 16. The molecule has 2 aliphatic heterocycles. The number of ether oxygens (including phenoxy) is 1. The molecule has 2 aliphatic rings. The standard InChI is InChI=1S/C71H129N13O13S/c1-27-29-30-47(13)58(85)57-62(89)74-50(28-2)64(91)83(25)70(98-38-37-84-35-33-76(18)34-36-84)69(96)80(22)54(41-71(16,17)97-26)61(88)75-55(45(9)10)67(94)77(19)51(32-31-42(3)4)60(87)72-48(14)59(86)73-49(15)63(90)78(20)52(39-43(5)6)65(92)79(21)53(40-44(7)8)66(93)81(23)56(46(11)12)68(95)82(57)24/h27,29,42-58,70,85H,28,30-41H2,1-26H3,(H,72,87)(H,73,86)(H,74,89)(H,75,88)/b29-27+/t47-,48-,49+,50-,51-,52+,53-,54+,55-,56-,57+,58-,70-/m1/s1. The number of carbonyl (C=O) groups is 11. The maximum atomic E-state index is 15.6. The highest BCUT2D eigenvalue weighted by atomic mass is 32.2. The smallest absolute Gasteiger partial charge is 0.256 e. The lowest BCUT2D eigenvalue weighted by Crippen LogP contribution is -2.64. The summed E-state index contributed by atoms with van der Waals surface area (Å²) in [6, 6.07) is -12.8. The van der Waals surface area contributed by atoms with Crippen molar-refractivity contribution < 1.29 is 62.6 Å². The van der Waals surface area contributed by atoms with E-state index in [0.29, 0.717) is 25.1 Å². The van der Waals surface area contributed by atoms with Crippen LogP contribution in [0.25, 0.3) is 0 Å². The third-order valence-corrected chi connectivity index (χ3v) is 20.6. The van der Waals surface area contributed by atoms with Crippen LogP contribution < -0.4 is 21.3 Å². The van der Waals surface area contributed by atoms with Gasteiger partial charge < -0.3 is 70.3 Å². The average Bonchev–Trinajstić information content (AvgIpc) is 0.877. The lowest BCUT2D eigenvalue weighted by molar-refractivity contribution is -0.157. The van der Waals surface area contributed by atoms with Gasteiger partial charge in [0.1, 0.15) is 60.4 Å². The van der Waals surface area contributed by atoms with Gasteiger partial charge >= 0.3 is 0 Å². The van der Waals surface area contributed by atoms with Crippen molar-refractivity contribution in [1.29, 1.82) is 0 Å². The summed E-state index contributed by atoms with van der Waals surface area (Å²) in [4.78, 5) is 179. The molecular formula is C71H129N13O13S. The van der Waals surface area contributed by atoms with E-state index in [1.807, 2.05) is 61.6 Å². The summed E-state index contributed by atoms with van der Waals surface area (Å²) < 4.78 is 5.87. The van der Waals surface area contributed by atoms with Gasteiger partial charge in [-0.2, -0.15) is 0 Å². The highest BCUT2D eigenvalue weighted by Crippen LogP contribution is 2.28. The van der Waals surface area contributed by atoms with E-state index in [1.54, 1.807) is 61.5 Å². The monoisotopic (exact) mass is 1400 g/mol. The predicted octanol–water partition coefficient (Wildman–Crippen LogP) is 3.73. The van der Waals surface area contributed by atoms with Crippen LogP contribution in [0.15, 0.2) is 12.2 Å². The fourth-order valence-electron chi connectivity index (χ4n) is 12.4. The molecule has 98 heavy (non-hydrogen) atoms. The first-order valence-corrected chi connectivity index (χ1v) is 36.4. The summed E-state index contributed by atoms with van der Waals surface area (Å²) in [6.45, 7) is 33.7. The summed E-state index contributed by atoms with van der Waals surface area (Å²) in [6.07, 6.45) is 3.20. The van der Waals surface area contributed by atoms with Gasteiger partial charge in [0, 0.05) is 101 Å². The molecule has 0 aromatic heterocycles. The number of thioether (sulfide) groups is 1. The molecule has 2 heterocycles. The van der Waals surface area contributed by atoms with Crippen molar-refractivity contribution in [2.24, 2.45) is 35.5 Å². The summed E-state index contributed by atoms with van der Waals surface area (Å²) in [5, 5.41) is 22.3. The van der Waals surface area contributed by atoms with E-state index >= 15 is 38.4 Å². The fourth-order valence-corrected chi connectivity index (χ4v) is 13.6. The second-order valence-corrected chi connectivity index (χ2v) is 31.2. The molecule has 0 saturated carbocycles. The van der Waals surface area contributed by atoms with Crippen LogP contribution in [0.1, 0.15) is 163 Å². The molecule has 2 saturated heterocycles. The van der Waals surface area contributed by atoms with Gasteiger partial charge in [-0.15, -0.1) is 11.8 Å². The molecule has 5 N–H and O–H groups in total. The molecule has 0 aromatic rings. The summed E-state index contributed by atoms with van der Waals surface area (Å²) >= 11 is 1.18. The van der Waals surface area contributed by atoms with E-state index in [1.165, 1.54) is 111 Å². The molecule has 562 valence electrons. The Morgan fingerprint density at radius 2 is 1.03 bits per heavy atom. The van der Waals surface area contributed by atoms with Gasteiger partial charge in [-0.3, -0.25) is 57.6 Å². The number of aliphatic hydroxyl groups is 1. The molecule has 0 radical (unpaired) electrons. The van der Waals surface area contributed by atoms with Gasteiger partial charge in [-0.25, -0.2) is 0 Å². The van der Waals surface area contributed by atoms with Crippen LogP contribution in [0.4, 0.5) is 0 Å². The molecule has 11 amide bonds. The molecule has 0 spiro atoms. The van der Waals surface area contributed by atoms with Crippen molar-refractivity contribution in [1.82, 2.24) is 65.4 Å². The fraction of sp³-hybridized carbons (Fsp3) is 0.817. The van der Waals surface area contributed by atoms with Crippen LogP contribution in [0, 0.1) is 35.5 Å². The van der Waals surface area contributed by atoms with Crippen LogP contribution in [0.5, 0.6) is 0 Å². The average molecular weight is 1400 g/mol. The molecular weight excluding hydrogens is 1270 g/mol. The number of hydrogen-bond donors (Lipinski definition) is 5. The first-order chi connectivity index (χ1) is 45.4. The normalized spacial score (nSPS) is 27.2. The number of amides is 11. The van der Waals surface area contributed by atoms with Crippen LogP contribution in [-0.2, 0) is 57.5 Å². The van der Waals surface area contributed by atoms with E-state index in [4.69, 9.17) is 4.74 Å². The van der Waals surface area contributed by atoms with E-state index in [9.17, 15) is 19.5 Å². The molecule has 0 bridgehead atoms. The number of rotatable bonds is 21. The number of nitrogens with one attached hydrogen (secondary N) is 4. The summed E-state index contributed by atoms with van der Waals surface area (Å²) in [5.74, 6) is -9.30. The molecule has 0 aliphatic carbocycles. The zero-order valence-electron chi connectivity index (χ0n) is 64.5. The molecule has 2 rings (SSSR count). The first kappa shape index (κ1) is 88.2. The summed E-state index contributed by atoms with van der Waals surface area (Å²) in [7, 11) is 13.6. The quantitative estimate of drug-likeness (QED) is 0.102. The Balaban J connectivity index is 3.16. The maximum Gasteiger partial charge on any atom is 0.256 e. The third-order valence-electron chi connectivity index (χ3n) is 19.3. The van der Waals surface area contributed by atoms with Gasteiger partial charge in [-0.1, -0.05) is 95.2 Å². The minimum Gasteiger partial charge on any atom is -0.390 e. The molecule has 0 aromatic carbocycles. The predicted molar refractivity (Wildman–Crippen MR) is 385 cm³/mol. The number of carbonyl (C=O) groups excluding carboxylic acids is 11. The van der Waals surface area contributed by atoms with Crippen molar-refractivity contribution in [2.45, 2.75) is 240 Å². The number of allylic oxidation sites excluding steroid dienone is 2. The minimum atomic E-state index is -1.65. The highest BCUT2D eigenvalue weighted by molar-refractivity contribution is 8.00. The second kappa shape index (κ2) is 40.5. The van der Waals surface area contributed by atoms with E-state index < -0.39 is 160 Å².